The van der Waals surface area contributed by atoms with E-state index in [9.17, 15) is 4.79 Å². The molecule has 1 saturated heterocycles. The molecule has 0 radical (unpaired) electrons. The van der Waals surface area contributed by atoms with Crippen LogP contribution in [0.25, 0.3) is 0 Å². The molecular weight excluding hydrogens is 314 g/mol. The maximum absolute atomic E-state index is 11.1. The van der Waals surface area contributed by atoms with Crippen LogP contribution >= 0.6 is 11.3 Å². The molecule has 2 aromatic rings. The van der Waals surface area contributed by atoms with Crippen molar-refractivity contribution in [3.05, 3.63) is 23.5 Å². The molecule has 122 valence electrons. The third-order valence-corrected chi connectivity index (χ3v) is 4.61. The summed E-state index contributed by atoms with van der Waals surface area (Å²) in [6.45, 7) is 3.06. The normalized spacial score (nSPS) is 15.3. The van der Waals surface area contributed by atoms with Crippen molar-refractivity contribution in [1.82, 2.24) is 20.3 Å². The Labute approximate surface area is 137 Å². The van der Waals surface area contributed by atoms with E-state index in [2.05, 4.69) is 30.9 Å². The number of hydrogen-bond acceptors (Lipinski definition) is 8. The summed E-state index contributed by atoms with van der Waals surface area (Å²) in [6.07, 6.45) is 5.30. The van der Waals surface area contributed by atoms with Crippen LogP contribution in [0.15, 0.2) is 18.6 Å². The fraction of sp³-hybridized carbons (Fsp3) is 0.429. The molecule has 3 heterocycles. The van der Waals surface area contributed by atoms with Crippen LogP contribution in [-0.4, -0.2) is 40.5 Å². The van der Waals surface area contributed by atoms with Crippen molar-refractivity contribution < 1.29 is 4.79 Å². The first-order chi connectivity index (χ1) is 11.2. The van der Waals surface area contributed by atoms with Gasteiger partial charge >= 0.3 is 0 Å². The summed E-state index contributed by atoms with van der Waals surface area (Å²) in [5.74, 6) is 1.58. The Hall–Kier alpha value is -2.26. The number of rotatable bonds is 6. The molecule has 9 heteroatoms. The second-order valence-electron chi connectivity index (χ2n) is 5.38. The number of piperidine rings is 1. The molecule has 0 saturated carbocycles. The molecule has 1 fully saturated rings. The molecule has 8 nitrogen and oxygen atoms in total. The number of nitrogens with two attached hydrogens (primary N) is 1. The Morgan fingerprint density at radius 3 is 2.83 bits per heavy atom. The Bertz CT molecular complexity index is 669. The summed E-state index contributed by atoms with van der Waals surface area (Å²) < 4.78 is 0. The number of hydrogen-bond donors (Lipinski definition) is 4. The van der Waals surface area contributed by atoms with Gasteiger partial charge in [-0.15, -0.1) is 0 Å². The van der Waals surface area contributed by atoms with E-state index in [0.717, 1.165) is 25.5 Å². The molecule has 0 aliphatic carbocycles. The molecule has 1 amide bonds. The molecule has 2 aromatic heterocycles. The van der Waals surface area contributed by atoms with Crippen molar-refractivity contribution in [2.24, 2.45) is 11.7 Å². The maximum Gasteiger partial charge on any atom is 0.260 e. The van der Waals surface area contributed by atoms with Gasteiger partial charge in [0.05, 0.1) is 6.20 Å². The van der Waals surface area contributed by atoms with Gasteiger partial charge in [-0.05, 0) is 31.8 Å². The Kier molecular flexibility index (Phi) is 4.99. The number of nitrogens with zero attached hydrogens (tertiary/aromatic N) is 3. The fourth-order valence-corrected chi connectivity index (χ4v) is 3.09. The van der Waals surface area contributed by atoms with Crippen LogP contribution in [0.3, 0.4) is 0 Å². The average Bonchev–Trinajstić information content (AvgIpc) is 3.03. The molecule has 0 bridgehead atoms. The molecular formula is C14H19N7OS. The summed E-state index contributed by atoms with van der Waals surface area (Å²) in [6, 6.07) is 1.83. The SMILES string of the molecule is NC(=O)c1cnc(Nc2cc(NCC3CCNCC3)ncn2)s1. The lowest BCUT2D eigenvalue weighted by Gasteiger charge is -2.22. The summed E-state index contributed by atoms with van der Waals surface area (Å²) in [7, 11) is 0. The van der Waals surface area contributed by atoms with Gasteiger partial charge in [-0.25, -0.2) is 15.0 Å². The number of anilines is 3. The maximum atomic E-state index is 11.1. The van der Waals surface area contributed by atoms with Gasteiger partial charge in [-0.2, -0.15) is 0 Å². The number of amides is 1. The number of thiazole rings is 1. The van der Waals surface area contributed by atoms with E-state index < -0.39 is 5.91 Å². The predicted octanol–water partition coefficient (Wildman–Crippen LogP) is 1.19. The highest BCUT2D eigenvalue weighted by molar-refractivity contribution is 7.17. The van der Waals surface area contributed by atoms with Crippen molar-refractivity contribution in [2.75, 3.05) is 30.3 Å². The number of carbonyl (C=O) groups excluding carboxylic acids is 1. The van der Waals surface area contributed by atoms with E-state index in [1.54, 1.807) is 0 Å². The number of carbonyl (C=O) groups is 1. The lowest BCUT2D eigenvalue weighted by molar-refractivity contribution is 0.100. The van der Waals surface area contributed by atoms with Crippen molar-refractivity contribution in [3.8, 4) is 0 Å². The zero-order valence-electron chi connectivity index (χ0n) is 12.6. The van der Waals surface area contributed by atoms with Crippen molar-refractivity contribution >= 4 is 34.0 Å². The Balaban J connectivity index is 1.58. The third kappa shape index (κ3) is 4.36. The fourth-order valence-electron chi connectivity index (χ4n) is 2.41. The molecule has 0 aromatic carbocycles. The largest absolute Gasteiger partial charge is 0.370 e. The molecule has 1 aliphatic rings. The molecule has 1 aliphatic heterocycles. The number of nitrogens with one attached hydrogen (secondary N) is 3. The van der Waals surface area contributed by atoms with E-state index in [1.165, 1.54) is 36.7 Å². The monoisotopic (exact) mass is 333 g/mol. The van der Waals surface area contributed by atoms with Crippen LogP contribution < -0.4 is 21.7 Å². The summed E-state index contributed by atoms with van der Waals surface area (Å²) in [5, 5.41) is 10.3. The van der Waals surface area contributed by atoms with Crippen LogP contribution in [0, 0.1) is 5.92 Å². The summed E-state index contributed by atoms with van der Waals surface area (Å²) >= 11 is 1.19. The van der Waals surface area contributed by atoms with Gasteiger partial charge in [0, 0.05) is 12.6 Å². The molecule has 0 unspecified atom stereocenters. The molecule has 3 rings (SSSR count). The molecule has 5 N–H and O–H groups in total. The Morgan fingerprint density at radius 1 is 1.30 bits per heavy atom. The Morgan fingerprint density at radius 2 is 2.09 bits per heavy atom. The van der Waals surface area contributed by atoms with Gasteiger partial charge in [0.1, 0.15) is 22.8 Å². The molecule has 23 heavy (non-hydrogen) atoms. The standard InChI is InChI=1S/C14H19N7OS/c15-13(22)10-7-18-14(23-10)21-12-5-11(19-8-20-12)17-6-9-1-3-16-4-2-9/h5,7-9,16H,1-4,6H2,(H2,15,22)(H2,17,18,19,20,21). The minimum atomic E-state index is -0.484. The van der Waals surface area contributed by atoms with Crippen LogP contribution in [0.2, 0.25) is 0 Å². The van der Waals surface area contributed by atoms with Gasteiger partial charge < -0.3 is 21.7 Å². The minimum Gasteiger partial charge on any atom is -0.370 e. The number of aromatic nitrogens is 3. The van der Waals surface area contributed by atoms with E-state index in [4.69, 9.17) is 5.73 Å². The zero-order valence-corrected chi connectivity index (χ0v) is 13.4. The minimum absolute atomic E-state index is 0.408. The highest BCUT2D eigenvalue weighted by Gasteiger charge is 2.13. The smallest absolute Gasteiger partial charge is 0.260 e. The predicted molar refractivity (Wildman–Crippen MR) is 90.0 cm³/mol. The average molecular weight is 333 g/mol. The van der Waals surface area contributed by atoms with Gasteiger partial charge in [0.2, 0.25) is 0 Å². The summed E-state index contributed by atoms with van der Waals surface area (Å²) in [4.78, 5) is 24.0. The third-order valence-electron chi connectivity index (χ3n) is 3.68. The lowest BCUT2D eigenvalue weighted by Crippen LogP contribution is -2.31. The van der Waals surface area contributed by atoms with Crippen LogP contribution in [0.5, 0.6) is 0 Å². The van der Waals surface area contributed by atoms with Gasteiger partial charge in [-0.1, -0.05) is 11.3 Å². The van der Waals surface area contributed by atoms with Crippen molar-refractivity contribution in [3.63, 3.8) is 0 Å². The molecule has 0 spiro atoms. The quantitative estimate of drug-likeness (QED) is 0.627. The first-order valence-electron chi connectivity index (χ1n) is 7.50. The summed E-state index contributed by atoms with van der Waals surface area (Å²) in [5.41, 5.74) is 5.22. The second kappa shape index (κ2) is 7.34. The van der Waals surface area contributed by atoms with Gasteiger partial charge in [-0.3, -0.25) is 4.79 Å². The van der Waals surface area contributed by atoms with Crippen LogP contribution in [-0.2, 0) is 0 Å². The first kappa shape index (κ1) is 15.6. The van der Waals surface area contributed by atoms with Crippen molar-refractivity contribution in [1.29, 1.82) is 0 Å². The van der Waals surface area contributed by atoms with Gasteiger partial charge in [0.25, 0.3) is 5.91 Å². The highest BCUT2D eigenvalue weighted by atomic mass is 32.1. The van der Waals surface area contributed by atoms with Crippen molar-refractivity contribution in [2.45, 2.75) is 12.8 Å². The van der Waals surface area contributed by atoms with E-state index in [-0.39, 0.29) is 0 Å². The topological polar surface area (TPSA) is 118 Å². The lowest BCUT2D eigenvalue weighted by atomic mass is 9.98. The van der Waals surface area contributed by atoms with Gasteiger partial charge in [0.15, 0.2) is 5.13 Å². The van der Waals surface area contributed by atoms with Crippen LogP contribution in [0.1, 0.15) is 22.5 Å². The number of primary amides is 1. The van der Waals surface area contributed by atoms with E-state index in [1.807, 2.05) is 6.07 Å². The highest BCUT2D eigenvalue weighted by Crippen LogP contribution is 2.22. The van der Waals surface area contributed by atoms with Crippen LogP contribution in [0.4, 0.5) is 16.8 Å². The second-order valence-corrected chi connectivity index (χ2v) is 6.41. The van der Waals surface area contributed by atoms with E-state index >= 15 is 0 Å². The molecule has 0 atom stereocenters. The first-order valence-corrected chi connectivity index (χ1v) is 8.31. The zero-order chi connectivity index (χ0) is 16.1. The van der Waals surface area contributed by atoms with E-state index in [0.29, 0.717) is 21.7 Å².